The Kier molecular flexibility index (Phi) is 5.02. The van der Waals surface area contributed by atoms with Crippen molar-refractivity contribution in [2.45, 2.75) is 45.6 Å². The first-order valence-electron chi connectivity index (χ1n) is 6.44. The lowest BCUT2D eigenvalue weighted by molar-refractivity contribution is -0.156. The second-order valence-electron chi connectivity index (χ2n) is 4.91. The summed E-state index contributed by atoms with van der Waals surface area (Å²) in [4.78, 5) is 12.2. The molecule has 0 saturated heterocycles. The van der Waals surface area contributed by atoms with E-state index in [0.717, 1.165) is 12.8 Å². The summed E-state index contributed by atoms with van der Waals surface area (Å²) in [5, 5.41) is 3.24. The van der Waals surface area contributed by atoms with Crippen LogP contribution < -0.4 is 5.32 Å². The zero-order valence-electron chi connectivity index (χ0n) is 11.1. The summed E-state index contributed by atoms with van der Waals surface area (Å²) in [5.41, 5.74) is -0.583. The molecule has 3 heteroatoms. The lowest BCUT2D eigenvalue weighted by atomic mass is 9.68. The van der Waals surface area contributed by atoms with Crippen molar-refractivity contribution in [3.8, 4) is 12.3 Å². The first-order valence-corrected chi connectivity index (χ1v) is 6.44. The fourth-order valence-corrected chi connectivity index (χ4v) is 2.74. The van der Waals surface area contributed by atoms with Gasteiger partial charge in [0.15, 0.2) is 0 Å². The number of rotatable bonds is 4. The largest absolute Gasteiger partial charge is 0.465 e. The maximum absolute atomic E-state index is 12.2. The molecule has 0 radical (unpaired) electrons. The zero-order valence-corrected chi connectivity index (χ0v) is 11.1. The molecule has 0 spiro atoms. The molecule has 1 aliphatic rings. The van der Waals surface area contributed by atoms with E-state index in [0.29, 0.717) is 19.1 Å². The van der Waals surface area contributed by atoms with Gasteiger partial charge in [-0.1, -0.05) is 32.6 Å². The van der Waals surface area contributed by atoms with Gasteiger partial charge in [-0.05, 0) is 25.2 Å². The molecule has 0 aromatic rings. The molecule has 96 valence electrons. The highest BCUT2D eigenvalue weighted by molar-refractivity contribution is 5.81. The molecule has 3 atom stereocenters. The van der Waals surface area contributed by atoms with Crippen molar-refractivity contribution >= 4 is 5.97 Å². The van der Waals surface area contributed by atoms with Crippen LogP contribution in [0.2, 0.25) is 0 Å². The van der Waals surface area contributed by atoms with E-state index in [-0.39, 0.29) is 11.9 Å². The van der Waals surface area contributed by atoms with Crippen LogP contribution in [0.15, 0.2) is 0 Å². The molecule has 0 aromatic carbocycles. The molecule has 3 nitrogen and oxygen atoms in total. The van der Waals surface area contributed by atoms with Crippen LogP contribution in [0.5, 0.6) is 0 Å². The smallest absolute Gasteiger partial charge is 0.326 e. The summed E-state index contributed by atoms with van der Waals surface area (Å²) in [5.74, 6) is 3.17. The highest BCUT2D eigenvalue weighted by atomic mass is 16.5. The molecule has 0 aliphatic heterocycles. The molecule has 1 N–H and O–H groups in total. The van der Waals surface area contributed by atoms with E-state index in [1.807, 2.05) is 6.92 Å². The molecule has 1 rings (SSSR count). The molecule has 0 heterocycles. The molecule has 1 saturated carbocycles. The maximum Gasteiger partial charge on any atom is 0.326 e. The lowest BCUT2D eigenvalue weighted by Crippen LogP contribution is -2.60. The van der Waals surface area contributed by atoms with Crippen LogP contribution in [-0.2, 0) is 9.53 Å². The Labute approximate surface area is 104 Å². The minimum absolute atomic E-state index is 0.144. The van der Waals surface area contributed by atoms with Crippen molar-refractivity contribution in [3.05, 3.63) is 0 Å². The predicted molar refractivity (Wildman–Crippen MR) is 68.4 cm³/mol. The topological polar surface area (TPSA) is 38.3 Å². The summed E-state index contributed by atoms with van der Waals surface area (Å²) in [6.07, 6.45) is 8.32. The van der Waals surface area contributed by atoms with Gasteiger partial charge in [-0.15, -0.1) is 6.42 Å². The summed E-state index contributed by atoms with van der Waals surface area (Å²) in [6, 6.07) is 0. The van der Waals surface area contributed by atoms with E-state index in [4.69, 9.17) is 11.2 Å². The van der Waals surface area contributed by atoms with E-state index < -0.39 is 5.54 Å². The van der Waals surface area contributed by atoms with Gasteiger partial charge in [0.1, 0.15) is 5.54 Å². The van der Waals surface area contributed by atoms with E-state index in [1.165, 1.54) is 6.42 Å². The van der Waals surface area contributed by atoms with Crippen LogP contribution in [0.4, 0.5) is 0 Å². The van der Waals surface area contributed by atoms with Gasteiger partial charge >= 0.3 is 5.97 Å². The Bertz CT molecular complexity index is 308. The zero-order chi connectivity index (χ0) is 12.9. The Balaban J connectivity index is 2.91. The molecule has 17 heavy (non-hydrogen) atoms. The minimum atomic E-state index is -0.583. The molecular formula is C14H23NO2. The first-order chi connectivity index (χ1) is 8.08. The third-order valence-corrected chi connectivity index (χ3v) is 4.01. The van der Waals surface area contributed by atoms with Gasteiger partial charge in [0, 0.05) is 0 Å². The van der Waals surface area contributed by atoms with E-state index in [2.05, 4.69) is 25.1 Å². The van der Waals surface area contributed by atoms with Gasteiger partial charge in [0.2, 0.25) is 0 Å². The molecule has 0 bridgehead atoms. The SMILES string of the molecule is C#CCNC1(C(=O)OCC)CCCC(C)C1C. The number of hydrogen-bond donors (Lipinski definition) is 1. The first kappa shape index (κ1) is 14.1. The summed E-state index contributed by atoms with van der Waals surface area (Å²) >= 11 is 0. The van der Waals surface area contributed by atoms with Gasteiger partial charge in [0.25, 0.3) is 0 Å². The van der Waals surface area contributed by atoms with Crippen molar-refractivity contribution in [3.63, 3.8) is 0 Å². The summed E-state index contributed by atoms with van der Waals surface area (Å²) < 4.78 is 5.23. The van der Waals surface area contributed by atoms with Crippen LogP contribution in [0.1, 0.15) is 40.0 Å². The number of carbonyl (C=O) groups is 1. The number of carbonyl (C=O) groups excluding carboxylic acids is 1. The fourth-order valence-electron chi connectivity index (χ4n) is 2.74. The fraction of sp³-hybridized carbons (Fsp3) is 0.786. The number of nitrogens with one attached hydrogen (secondary N) is 1. The molecule has 0 amide bonds. The molecular weight excluding hydrogens is 214 g/mol. The highest BCUT2D eigenvalue weighted by Crippen LogP contribution is 2.38. The molecule has 1 fully saturated rings. The lowest BCUT2D eigenvalue weighted by Gasteiger charge is -2.44. The van der Waals surface area contributed by atoms with Crippen LogP contribution in [0.25, 0.3) is 0 Å². The van der Waals surface area contributed by atoms with Crippen molar-refractivity contribution in [1.29, 1.82) is 0 Å². The van der Waals surface area contributed by atoms with Crippen LogP contribution >= 0.6 is 0 Å². The van der Waals surface area contributed by atoms with Crippen LogP contribution in [-0.4, -0.2) is 24.7 Å². The molecule has 3 unspecified atom stereocenters. The Morgan fingerprint density at radius 2 is 2.29 bits per heavy atom. The standard InChI is InChI=1S/C14H23NO2/c1-5-10-15-14(13(16)17-6-2)9-7-8-11(3)12(14)4/h1,11-12,15H,6-10H2,2-4H3. The van der Waals surface area contributed by atoms with Crippen LogP contribution in [0.3, 0.4) is 0 Å². The Morgan fingerprint density at radius 3 is 2.88 bits per heavy atom. The number of esters is 1. The average Bonchev–Trinajstić information content (AvgIpc) is 2.31. The average molecular weight is 237 g/mol. The quantitative estimate of drug-likeness (QED) is 0.600. The minimum Gasteiger partial charge on any atom is -0.465 e. The van der Waals surface area contributed by atoms with Gasteiger partial charge in [-0.25, -0.2) is 0 Å². The van der Waals surface area contributed by atoms with Crippen molar-refractivity contribution in [1.82, 2.24) is 5.32 Å². The van der Waals surface area contributed by atoms with E-state index >= 15 is 0 Å². The van der Waals surface area contributed by atoms with E-state index in [1.54, 1.807) is 0 Å². The van der Waals surface area contributed by atoms with Crippen LogP contribution in [0, 0.1) is 24.2 Å². The van der Waals surface area contributed by atoms with Crippen molar-refractivity contribution < 1.29 is 9.53 Å². The maximum atomic E-state index is 12.2. The third kappa shape index (κ3) is 2.81. The normalized spacial score (nSPS) is 32.8. The molecule has 1 aliphatic carbocycles. The Hall–Kier alpha value is -1.01. The molecule has 0 aromatic heterocycles. The Morgan fingerprint density at radius 1 is 1.59 bits per heavy atom. The van der Waals surface area contributed by atoms with Crippen molar-refractivity contribution in [2.75, 3.05) is 13.2 Å². The predicted octanol–water partition coefficient (Wildman–Crippen LogP) is 1.97. The highest BCUT2D eigenvalue weighted by Gasteiger charge is 2.48. The van der Waals surface area contributed by atoms with Crippen molar-refractivity contribution in [2.24, 2.45) is 11.8 Å². The third-order valence-electron chi connectivity index (χ3n) is 4.01. The summed E-state index contributed by atoms with van der Waals surface area (Å²) in [7, 11) is 0. The second-order valence-corrected chi connectivity index (χ2v) is 4.91. The second kappa shape index (κ2) is 6.07. The van der Waals surface area contributed by atoms with Gasteiger partial charge in [-0.2, -0.15) is 0 Å². The number of ether oxygens (including phenoxy) is 1. The number of terminal acetylenes is 1. The van der Waals surface area contributed by atoms with E-state index in [9.17, 15) is 4.79 Å². The van der Waals surface area contributed by atoms with Gasteiger partial charge in [-0.3, -0.25) is 10.1 Å². The van der Waals surface area contributed by atoms with Gasteiger partial charge < -0.3 is 4.74 Å². The van der Waals surface area contributed by atoms with Gasteiger partial charge in [0.05, 0.1) is 13.2 Å². The number of hydrogen-bond acceptors (Lipinski definition) is 3. The summed E-state index contributed by atoms with van der Waals surface area (Å²) in [6.45, 7) is 6.97. The monoisotopic (exact) mass is 237 g/mol.